The van der Waals surface area contributed by atoms with E-state index in [1.165, 1.54) is 6.33 Å². The summed E-state index contributed by atoms with van der Waals surface area (Å²) < 4.78 is 0. The molecule has 0 radical (unpaired) electrons. The third-order valence-electron chi connectivity index (χ3n) is 5.44. The Morgan fingerprint density at radius 1 is 1.20 bits per heavy atom. The molecule has 152 valence electrons. The molecule has 30 heavy (non-hydrogen) atoms. The maximum absolute atomic E-state index is 12.7. The van der Waals surface area contributed by atoms with Gasteiger partial charge in [-0.2, -0.15) is 5.10 Å². The second-order valence-electron chi connectivity index (χ2n) is 7.43. The van der Waals surface area contributed by atoms with E-state index in [0.29, 0.717) is 29.3 Å². The lowest BCUT2D eigenvalue weighted by Crippen LogP contribution is -2.28. The number of fused-ring (bicyclic) bond motifs is 1. The highest BCUT2D eigenvalue weighted by atomic mass is 16.2. The molecule has 2 amide bonds. The average molecular weight is 404 g/mol. The molecule has 0 bridgehead atoms. The van der Waals surface area contributed by atoms with Crippen LogP contribution in [0.1, 0.15) is 34.3 Å². The molecular formula is C20H20N8O2. The summed E-state index contributed by atoms with van der Waals surface area (Å²) in [6.07, 6.45) is 3.58. The number of nitrogens with zero attached hydrogens (tertiary/aromatic N) is 6. The average Bonchev–Trinajstić information content (AvgIpc) is 3.51. The predicted octanol–water partition coefficient (Wildman–Crippen LogP) is 1.17. The molecule has 0 atom stereocenters. The Morgan fingerprint density at radius 3 is 2.80 bits per heavy atom. The third-order valence-corrected chi connectivity index (χ3v) is 5.44. The van der Waals surface area contributed by atoms with E-state index in [1.807, 2.05) is 29.2 Å². The van der Waals surface area contributed by atoms with Gasteiger partial charge >= 0.3 is 0 Å². The van der Waals surface area contributed by atoms with Crippen molar-refractivity contribution < 1.29 is 9.59 Å². The number of rotatable bonds is 4. The van der Waals surface area contributed by atoms with Crippen LogP contribution in [0.4, 0.5) is 11.6 Å². The lowest BCUT2D eigenvalue weighted by atomic mass is 10.1. The first-order valence-electron chi connectivity index (χ1n) is 9.81. The third kappa shape index (κ3) is 3.15. The van der Waals surface area contributed by atoms with Gasteiger partial charge in [0.25, 0.3) is 5.91 Å². The van der Waals surface area contributed by atoms with Gasteiger partial charge < -0.3 is 10.6 Å². The molecular weight excluding hydrogens is 384 g/mol. The number of aromatic amines is 1. The first-order valence-corrected chi connectivity index (χ1v) is 9.81. The molecule has 0 saturated carbocycles. The molecule has 2 aromatic heterocycles. The van der Waals surface area contributed by atoms with Crippen LogP contribution in [0.3, 0.4) is 0 Å². The number of hydrogen-bond acceptors (Lipinski definition) is 7. The summed E-state index contributed by atoms with van der Waals surface area (Å²) in [4.78, 5) is 41.7. The molecule has 1 aromatic carbocycles. The van der Waals surface area contributed by atoms with Gasteiger partial charge in [-0.3, -0.25) is 19.6 Å². The fraction of sp³-hybridized carbons (Fsp3) is 0.300. The lowest BCUT2D eigenvalue weighted by Gasteiger charge is -2.19. The van der Waals surface area contributed by atoms with Gasteiger partial charge in [-0.1, -0.05) is 12.1 Å². The molecule has 3 aromatic rings. The minimum atomic E-state index is -0.114. The topological polar surface area (TPSA) is 134 Å². The molecule has 1 fully saturated rings. The zero-order valence-electron chi connectivity index (χ0n) is 16.2. The summed E-state index contributed by atoms with van der Waals surface area (Å²) in [5, 5.41) is 6.52. The molecule has 2 aliphatic rings. The normalized spacial score (nSPS) is 15.7. The molecule has 2 aliphatic heterocycles. The van der Waals surface area contributed by atoms with E-state index in [9.17, 15) is 9.59 Å². The number of benzene rings is 1. The summed E-state index contributed by atoms with van der Waals surface area (Å²) in [5.41, 5.74) is 8.17. The molecule has 3 N–H and O–H groups in total. The molecule has 0 spiro atoms. The van der Waals surface area contributed by atoms with Crippen molar-refractivity contribution in [1.82, 2.24) is 30.0 Å². The first kappa shape index (κ1) is 18.2. The standard InChI is InChI=1S/C20H20N8O2/c21-16-14-9-15(29)28(19(14)25-18(24-16)17-22-11-23-26-17)10-12-4-3-5-13(8-12)20(30)27-6-1-2-7-27/h3-5,8,11H,1-2,6-7,9-10H2,(H2,21,24,25)(H,22,23,26). The van der Waals surface area contributed by atoms with Gasteiger partial charge in [0.1, 0.15) is 18.0 Å². The van der Waals surface area contributed by atoms with Gasteiger partial charge in [0, 0.05) is 24.2 Å². The van der Waals surface area contributed by atoms with Crippen molar-refractivity contribution in [2.24, 2.45) is 0 Å². The van der Waals surface area contributed by atoms with Crippen LogP contribution in [0.25, 0.3) is 11.6 Å². The van der Waals surface area contributed by atoms with Crippen LogP contribution in [0.15, 0.2) is 30.6 Å². The van der Waals surface area contributed by atoms with Crippen molar-refractivity contribution in [2.75, 3.05) is 23.7 Å². The molecule has 10 heteroatoms. The fourth-order valence-corrected chi connectivity index (χ4v) is 3.92. The van der Waals surface area contributed by atoms with Crippen LogP contribution in [-0.2, 0) is 17.8 Å². The van der Waals surface area contributed by atoms with Crippen LogP contribution in [0.2, 0.25) is 0 Å². The van der Waals surface area contributed by atoms with Gasteiger partial charge in [0.15, 0.2) is 5.82 Å². The highest BCUT2D eigenvalue weighted by Crippen LogP contribution is 2.33. The Bertz CT molecular complexity index is 1120. The zero-order valence-corrected chi connectivity index (χ0v) is 16.2. The molecule has 4 heterocycles. The number of anilines is 2. The van der Waals surface area contributed by atoms with Crippen LogP contribution >= 0.6 is 0 Å². The maximum atomic E-state index is 12.7. The van der Waals surface area contributed by atoms with Crippen LogP contribution < -0.4 is 10.6 Å². The van der Waals surface area contributed by atoms with Gasteiger partial charge in [0.05, 0.1) is 13.0 Å². The van der Waals surface area contributed by atoms with E-state index in [4.69, 9.17) is 5.73 Å². The van der Waals surface area contributed by atoms with E-state index in [2.05, 4.69) is 25.1 Å². The smallest absolute Gasteiger partial charge is 0.253 e. The van der Waals surface area contributed by atoms with Gasteiger partial charge in [-0.25, -0.2) is 15.0 Å². The Labute approximate surface area is 172 Å². The zero-order chi connectivity index (χ0) is 20.7. The van der Waals surface area contributed by atoms with Crippen LogP contribution in [-0.4, -0.2) is 55.0 Å². The van der Waals surface area contributed by atoms with Crippen molar-refractivity contribution in [1.29, 1.82) is 0 Å². The number of carbonyl (C=O) groups is 2. The van der Waals surface area contributed by atoms with E-state index in [1.54, 1.807) is 4.90 Å². The Hall–Kier alpha value is -3.82. The molecule has 0 unspecified atom stereocenters. The SMILES string of the molecule is Nc1nc(-c2ncn[nH]2)nc2c1CC(=O)N2Cc1cccc(C(=O)N2CCCC2)c1. The highest BCUT2D eigenvalue weighted by Gasteiger charge is 2.32. The highest BCUT2D eigenvalue weighted by molar-refractivity contribution is 6.02. The number of aromatic nitrogens is 5. The van der Waals surface area contributed by atoms with Crippen molar-refractivity contribution >= 4 is 23.5 Å². The second kappa shape index (κ2) is 7.21. The summed E-state index contributed by atoms with van der Waals surface area (Å²) >= 11 is 0. The molecule has 1 saturated heterocycles. The number of likely N-dealkylation sites (tertiary alicyclic amines) is 1. The quantitative estimate of drug-likeness (QED) is 0.666. The van der Waals surface area contributed by atoms with Crippen molar-refractivity contribution in [3.05, 3.63) is 47.3 Å². The number of carbonyl (C=O) groups excluding carboxylic acids is 2. The first-order chi connectivity index (χ1) is 14.6. The lowest BCUT2D eigenvalue weighted by molar-refractivity contribution is -0.117. The summed E-state index contributed by atoms with van der Waals surface area (Å²) in [6, 6.07) is 7.39. The largest absolute Gasteiger partial charge is 0.383 e. The maximum Gasteiger partial charge on any atom is 0.253 e. The number of nitrogens with two attached hydrogens (primary N) is 1. The molecule has 10 nitrogen and oxygen atoms in total. The minimum Gasteiger partial charge on any atom is -0.383 e. The van der Waals surface area contributed by atoms with Gasteiger partial charge in [-0.15, -0.1) is 0 Å². The number of H-pyrrole nitrogens is 1. The van der Waals surface area contributed by atoms with E-state index in [0.717, 1.165) is 31.5 Å². The van der Waals surface area contributed by atoms with Crippen LogP contribution in [0, 0.1) is 0 Å². The Balaban J connectivity index is 1.44. The molecule has 5 rings (SSSR count). The number of amides is 2. The van der Waals surface area contributed by atoms with Crippen molar-refractivity contribution in [3.8, 4) is 11.6 Å². The fourth-order valence-electron chi connectivity index (χ4n) is 3.92. The van der Waals surface area contributed by atoms with Crippen LogP contribution in [0.5, 0.6) is 0 Å². The predicted molar refractivity (Wildman–Crippen MR) is 108 cm³/mol. The van der Waals surface area contributed by atoms with E-state index < -0.39 is 0 Å². The Kier molecular flexibility index (Phi) is 4.38. The minimum absolute atomic E-state index is 0.0293. The Morgan fingerprint density at radius 2 is 2.03 bits per heavy atom. The summed E-state index contributed by atoms with van der Waals surface area (Å²) in [7, 11) is 0. The van der Waals surface area contributed by atoms with E-state index in [-0.39, 0.29) is 29.9 Å². The van der Waals surface area contributed by atoms with E-state index >= 15 is 0 Å². The number of nitrogen functional groups attached to an aromatic ring is 1. The second-order valence-corrected chi connectivity index (χ2v) is 7.43. The summed E-state index contributed by atoms with van der Waals surface area (Å²) in [6.45, 7) is 1.88. The number of nitrogens with one attached hydrogen (secondary N) is 1. The monoisotopic (exact) mass is 404 g/mol. The summed E-state index contributed by atoms with van der Waals surface area (Å²) in [5.74, 6) is 1.29. The molecule has 0 aliphatic carbocycles. The van der Waals surface area contributed by atoms with Crippen molar-refractivity contribution in [3.63, 3.8) is 0 Å². The van der Waals surface area contributed by atoms with Gasteiger partial charge in [-0.05, 0) is 30.5 Å². The van der Waals surface area contributed by atoms with Crippen molar-refractivity contribution in [2.45, 2.75) is 25.8 Å². The van der Waals surface area contributed by atoms with Gasteiger partial charge in [0.2, 0.25) is 11.7 Å². The number of hydrogen-bond donors (Lipinski definition) is 2.